The number of piperidine rings is 1. The standard InChI is InChI=1S/C33H41BCl2N8/c1-31(2,3)20-39-29-21(17-37)18-38-30-26(29)15-24(16-27(30)36)40-33(34,22-7-9-23(35)10-8-22)28-19-44(42-41-28)25-11-13-43(14-12-25)32(4,5)6/h7-10,15-16,18-19,25,40H,11-14,20,34H2,1-6H3,(H,38,39). The van der Waals surface area contributed by atoms with Crippen LogP contribution in [-0.2, 0) is 5.44 Å². The molecule has 1 saturated heterocycles. The zero-order chi connectivity index (χ0) is 31.9. The average molecular weight is 631 g/mol. The predicted octanol–water partition coefficient (Wildman–Crippen LogP) is 6.84. The quantitative estimate of drug-likeness (QED) is 0.216. The Kier molecular flexibility index (Phi) is 8.92. The van der Waals surface area contributed by atoms with E-state index >= 15 is 0 Å². The first-order chi connectivity index (χ1) is 20.7. The maximum absolute atomic E-state index is 9.91. The van der Waals surface area contributed by atoms with Crippen molar-refractivity contribution in [3.63, 3.8) is 0 Å². The van der Waals surface area contributed by atoms with E-state index in [-0.39, 0.29) is 17.0 Å². The van der Waals surface area contributed by atoms with Crippen LogP contribution in [0.4, 0.5) is 11.4 Å². The Bertz CT molecular complexity index is 1680. The Morgan fingerprint density at radius 2 is 1.73 bits per heavy atom. The summed E-state index contributed by atoms with van der Waals surface area (Å²) >= 11 is 13.1. The van der Waals surface area contributed by atoms with Crippen molar-refractivity contribution in [3.8, 4) is 6.07 Å². The smallest absolute Gasteiger partial charge is 0.148 e. The fourth-order valence-corrected chi connectivity index (χ4v) is 6.20. The molecule has 230 valence electrons. The van der Waals surface area contributed by atoms with Gasteiger partial charge in [0, 0.05) is 47.5 Å². The summed E-state index contributed by atoms with van der Waals surface area (Å²) in [5.74, 6) is 0. The lowest BCUT2D eigenvalue weighted by Gasteiger charge is -2.40. The molecule has 1 unspecified atom stereocenters. The minimum atomic E-state index is -0.773. The van der Waals surface area contributed by atoms with E-state index < -0.39 is 5.44 Å². The lowest BCUT2D eigenvalue weighted by molar-refractivity contribution is 0.0866. The summed E-state index contributed by atoms with van der Waals surface area (Å²) in [4.78, 5) is 7.06. The highest BCUT2D eigenvalue weighted by molar-refractivity contribution is 6.36. The molecular formula is C33H41BCl2N8. The van der Waals surface area contributed by atoms with Gasteiger partial charge < -0.3 is 10.6 Å². The van der Waals surface area contributed by atoms with E-state index in [9.17, 15) is 5.26 Å². The molecule has 0 spiro atoms. The molecule has 3 heterocycles. The number of nitrogens with zero attached hydrogens (tertiary/aromatic N) is 6. The molecule has 2 N–H and O–H groups in total. The molecule has 1 atom stereocenters. The van der Waals surface area contributed by atoms with Crippen LogP contribution in [0.15, 0.2) is 48.8 Å². The van der Waals surface area contributed by atoms with Crippen LogP contribution in [0.3, 0.4) is 0 Å². The summed E-state index contributed by atoms with van der Waals surface area (Å²) in [6, 6.07) is 14.2. The summed E-state index contributed by atoms with van der Waals surface area (Å²) in [6.07, 6.45) is 5.68. The van der Waals surface area contributed by atoms with Crippen molar-refractivity contribution >= 4 is 53.3 Å². The van der Waals surface area contributed by atoms with Crippen LogP contribution in [0.25, 0.3) is 10.9 Å². The number of benzene rings is 2. The van der Waals surface area contributed by atoms with Gasteiger partial charge >= 0.3 is 0 Å². The van der Waals surface area contributed by atoms with Gasteiger partial charge in [-0.25, -0.2) is 4.68 Å². The molecule has 0 amide bonds. The van der Waals surface area contributed by atoms with E-state index in [1.54, 1.807) is 6.20 Å². The number of halogens is 2. The van der Waals surface area contributed by atoms with Gasteiger partial charge in [-0.05, 0) is 68.9 Å². The van der Waals surface area contributed by atoms with Gasteiger partial charge in [0.05, 0.1) is 39.5 Å². The predicted molar refractivity (Wildman–Crippen MR) is 183 cm³/mol. The number of pyridine rings is 1. The summed E-state index contributed by atoms with van der Waals surface area (Å²) < 4.78 is 2.02. The Morgan fingerprint density at radius 1 is 1.05 bits per heavy atom. The van der Waals surface area contributed by atoms with Crippen molar-refractivity contribution < 1.29 is 0 Å². The number of likely N-dealkylation sites (tertiary alicyclic amines) is 1. The second kappa shape index (κ2) is 12.2. The molecule has 0 bridgehead atoms. The number of hydrogen-bond donors (Lipinski definition) is 2. The number of hydrogen-bond acceptors (Lipinski definition) is 7. The van der Waals surface area contributed by atoms with Gasteiger partial charge in [0.15, 0.2) is 0 Å². The van der Waals surface area contributed by atoms with Crippen LogP contribution in [-0.4, -0.2) is 57.9 Å². The van der Waals surface area contributed by atoms with E-state index in [4.69, 9.17) is 28.3 Å². The van der Waals surface area contributed by atoms with Crippen LogP contribution < -0.4 is 10.6 Å². The van der Waals surface area contributed by atoms with Gasteiger partial charge in [0.25, 0.3) is 0 Å². The first-order valence-electron chi connectivity index (χ1n) is 15.2. The molecule has 0 radical (unpaired) electrons. The molecule has 8 nitrogen and oxygen atoms in total. The maximum Gasteiger partial charge on any atom is 0.148 e. The molecule has 0 aliphatic carbocycles. The molecule has 5 rings (SSSR count). The van der Waals surface area contributed by atoms with Gasteiger partial charge in [-0.1, -0.05) is 61.3 Å². The second-order valence-corrected chi connectivity index (χ2v) is 15.0. The third kappa shape index (κ3) is 6.83. The Balaban J connectivity index is 1.54. The first kappa shape index (κ1) is 32.1. The van der Waals surface area contributed by atoms with E-state index in [0.717, 1.165) is 53.9 Å². The lowest BCUT2D eigenvalue weighted by Crippen LogP contribution is -2.46. The van der Waals surface area contributed by atoms with Crippen molar-refractivity contribution in [2.24, 2.45) is 5.41 Å². The Morgan fingerprint density at radius 3 is 2.34 bits per heavy atom. The fourth-order valence-electron chi connectivity index (χ4n) is 5.80. The number of aromatic nitrogens is 4. The maximum atomic E-state index is 9.91. The highest BCUT2D eigenvalue weighted by atomic mass is 35.5. The van der Waals surface area contributed by atoms with Crippen molar-refractivity contribution in [1.29, 1.82) is 5.26 Å². The van der Waals surface area contributed by atoms with Gasteiger partial charge in [0.1, 0.15) is 19.6 Å². The molecule has 11 heteroatoms. The van der Waals surface area contributed by atoms with E-state index in [1.165, 1.54) is 0 Å². The number of fused-ring (bicyclic) bond motifs is 1. The number of nitriles is 1. The van der Waals surface area contributed by atoms with Gasteiger partial charge in [-0.15, -0.1) is 5.10 Å². The SMILES string of the molecule is BC(Nc1cc(Cl)c2ncc(C#N)c(NCC(C)(C)C)c2c1)(c1ccc(Cl)cc1)c1cn(C2CCN(C(C)(C)C)CC2)nn1. The van der Waals surface area contributed by atoms with Crippen molar-refractivity contribution in [3.05, 3.63) is 75.7 Å². The van der Waals surface area contributed by atoms with E-state index in [1.807, 2.05) is 41.1 Å². The van der Waals surface area contributed by atoms with Crippen LogP contribution in [0.1, 0.15) is 77.2 Å². The van der Waals surface area contributed by atoms with Crippen LogP contribution in [0.2, 0.25) is 10.0 Å². The average Bonchev–Trinajstić information content (AvgIpc) is 3.46. The van der Waals surface area contributed by atoms with Crippen molar-refractivity contribution in [2.45, 2.75) is 71.4 Å². The number of rotatable bonds is 7. The fraction of sp³-hybridized carbons (Fsp3) is 0.455. The van der Waals surface area contributed by atoms with E-state index in [2.05, 4.69) is 87.4 Å². The highest BCUT2D eigenvalue weighted by Gasteiger charge is 2.34. The van der Waals surface area contributed by atoms with Gasteiger partial charge in [-0.3, -0.25) is 9.88 Å². The molecule has 2 aromatic heterocycles. The molecular weight excluding hydrogens is 590 g/mol. The largest absolute Gasteiger partial charge is 0.383 e. The van der Waals surface area contributed by atoms with Crippen LogP contribution in [0.5, 0.6) is 0 Å². The molecule has 1 aliphatic rings. The Hall–Kier alpha value is -3.32. The van der Waals surface area contributed by atoms with Crippen LogP contribution >= 0.6 is 23.2 Å². The minimum Gasteiger partial charge on any atom is -0.383 e. The summed E-state index contributed by atoms with van der Waals surface area (Å²) in [5, 5.41) is 28.4. The summed E-state index contributed by atoms with van der Waals surface area (Å²) in [7, 11) is 2.09. The highest BCUT2D eigenvalue weighted by Crippen LogP contribution is 2.38. The summed E-state index contributed by atoms with van der Waals surface area (Å²) in [6.45, 7) is 16.0. The third-order valence-electron chi connectivity index (χ3n) is 8.47. The molecule has 0 saturated carbocycles. The zero-order valence-electron chi connectivity index (χ0n) is 26.7. The van der Waals surface area contributed by atoms with Gasteiger partial charge in [0.2, 0.25) is 0 Å². The Labute approximate surface area is 271 Å². The second-order valence-electron chi connectivity index (χ2n) is 14.2. The molecule has 4 aromatic rings. The number of nitrogens with one attached hydrogen (secondary N) is 2. The number of anilines is 2. The molecule has 1 aliphatic heterocycles. The summed E-state index contributed by atoms with van der Waals surface area (Å²) in [5.41, 5.74) is 3.73. The third-order valence-corrected chi connectivity index (χ3v) is 9.01. The van der Waals surface area contributed by atoms with Gasteiger partial charge in [-0.2, -0.15) is 5.26 Å². The minimum absolute atomic E-state index is 0.00429. The zero-order valence-corrected chi connectivity index (χ0v) is 28.2. The van der Waals surface area contributed by atoms with E-state index in [0.29, 0.717) is 27.7 Å². The first-order valence-corrected chi connectivity index (χ1v) is 15.9. The molecule has 1 fully saturated rings. The van der Waals surface area contributed by atoms with Crippen molar-refractivity contribution in [1.82, 2.24) is 24.9 Å². The topological polar surface area (TPSA) is 94.7 Å². The van der Waals surface area contributed by atoms with Crippen LogP contribution in [0, 0.1) is 16.7 Å². The lowest BCUT2D eigenvalue weighted by atomic mass is 9.69. The molecule has 44 heavy (non-hydrogen) atoms. The molecule has 2 aromatic carbocycles. The van der Waals surface area contributed by atoms with Crippen molar-refractivity contribution in [2.75, 3.05) is 30.3 Å². The normalized spacial score (nSPS) is 16.4. The monoisotopic (exact) mass is 630 g/mol.